The first kappa shape index (κ1) is 15.2. The Bertz CT molecular complexity index is 660. The van der Waals surface area contributed by atoms with E-state index in [0.717, 1.165) is 23.5 Å². The third-order valence-electron chi connectivity index (χ3n) is 2.69. The number of carbonyl (C=O) groups excluding carboxylic acids is 1. The fourth-order valence-corrected chi connectivity index (χ4v) is 3.09. The van der Waals surface area contributed by atoms with Crippen LogP contribution in [0.1, 0.15) is 28.9 Å². The molecular weight excluding hydrogens is 327 g/mol. The Morgan fingerprint density at radius 1 is 1.25 bits per heavy atom. The quantitative estimate of drug-likeness (QED) is 0.855. The molecule has 0 saturated heterocycles. The summed E-state index contributed by atoms with van der Waals surface area (Å²) in [7, 11) is 0. The van der Waals surface area contributed by atoms with Gasteiger partial charge in [0.1, 0.15) is 4.34 Å². The van der Waals surface area contributed by atoms with Crippen LogP contribution < -0.4 is 5.32 Å². The van der Waals surface area contributed by atoms with Crippen molar-refractivity contribution in [1.29, 1.82) is 0 Å². The monoisotopic (exact) mass is 335 g/mol. The van der Waals surface area contributed by atoms with Gasteiger partial charge in [-0.3, -0.25) is 4.79 Å². The Labute approximate surface area is 128 Å². The summed E-state index contributed by atoms with van der Waals surface area (Å²) < 4.78 is 26.7. The molecule has 1 amide bonds. The molecule has 2 nitrogen and oxygen atoms in total. The largest absolute Gasteiger partial charge is 0.345 e. The second-order valence-electron chi connectivity index (χ2n) is 4.11. The molecule has 1 aromatic carbocycles. The highest BCUT2D eigenvalue weighted by Gasteiger charge is 2.17. The Kier molecular flexibility index (Phi) is 4.62. The molecule has 2 aromatic rings. The smallest absolute Gasteiger partial charge is 0.254 e. The average Bonchev–Trinajstić information content (AvgIpc) is 2.71. The molecule has 0 fully saturated rings. The van der Waals surface area contributed by atoms with E-state index in [9.17, 15) is 13.6 Å². The number of benzene rings is 1. The zero-order valence-electron chi connectivity index (χ0n) is 10.2. The minimum absolute atomic E-state index is 0.260. The summed E-state index contributed by atoms with van der Waals surface area (Å²) in [6, 6.07) is 4.44. The molecule has 0 aliphatic heterocycles. The second-order valence-corrected chi connectivity index (χ2v) is 6.39. The van der Waals surface area contributed by atoms with Crippen LogP contribution in [-0.4, -0.2) is 5.91 Å². The topological polar surface area (TPSA) is 29.1 Å². The van der Waals surface area contributed by atoms with Crippen molar-refractivity contribution in [3.8, 4) is 0 Å². The summed E-state index contributed by atoms with van der Waals surface area (Å²) in [6.07, 6.45) is 0. The summed E-state index contributed by atoms with van der Waals surface area (Å²) in [5, 5.41) is 2.65. The van der Waals surface area contributed by atoms with E-state index >= 15 is 0 Å². The lowest BCUT2D eigenvalue weighted by molar-refractivity contribution is 0.0940. The van der Waals surface area contributed by atoms with Crippen LogP contribution in [0.2, 0.25) is 8.67 Å². The van der Waals surface area contributed by atoms with Crippen molar-refractivity contribution in [2.24, 2.45) is 0 Å². The minimum Gasteiger partial charge on any atom is -0.345 e. The molecule has 0 radical (unpaired) electrons. The lowest BCUT2D eigenvalue weighted by atomic mass is 10.1. The van der Waals surface area contributed by atoms with Gasteiger partial charge in [0.05, 0.1) is 15.9 Å². The molecule has 7 heteroatoms. The van der Waals surface area contributed by atoms with Gasteiger partial charge in [0.15, 0.2) is 11.6 Å². The molecule has 0 saturated carbocycles. The lowest BCUT2D eigenvalue weighted by Gasteiger charge is -2.14. The van der Waals surface area contributed by atoms with E-state index in [4.69, 9.17) is 23.2 Å². The summed E-state index contributed by atoms with van der Waals surface area (Å²) in [5.41, 5.74) is 0.714. The van der Waals surface area contributed by atoms with Gasteiger partial charge in [-0.05, 0) is 30.7 Å². The standard InChI is InChI=1S/C13H9Cl2F2NOS/c1-6(7-2-3-9(16)10(17)4-7)18-13(19)8-5-11(14)20-12(8)15/h2-6H,1H3,(H,18,19). The highest BCUT2D eigenvalue weighted by Crippen LogP contribution is 2.31. The number of halogens is 4. The molecule has 0 spiro atoms. The molecule has 20 heavy (non-hydrogen) atoms. The number of nitrogens with one attached hydrogen (secondary N) is 1. The third kappa shape index (κ3) is 3.29. The van der Waals surface area contributed by atoms with E-state index in [0.29, 0.717) is 9.90 Å². The molecule has 2 rings (SSSR count). The zero-order chi connectivity index (χ0) is 14.9. The van der Waals surface area contributed by atoms with Gasteiger partial charge in [-0.15, -0.1) is 11.3 Å². The van der Waals surface area contributed by atoms with Crippen molar-refractivity contribution in [2.45, 2.75) is 13.0 Å². The molecular formula is C13H9Cl2F2NOS. The summed E-state index contributed by atoms with van der Waals surface area (Å²) in [5.74, 6) is -2.31. The minimum atomic E-state index is -0.958. The van der Waals surface area contributed by atoms with Crippen LogP contribution in [0.4, 0.5) is 8.78 Å². The van der Waals surface area contributed by atoms with E-state index in [1.165, 1.54) is 12.1 Å². The van der Waals surface area contributed by atoms with Crippen molar-refractivity contribution in [3.05, 3.63) is 55.7 Å². The van der Waals surface area contributed by atoms with Crippen LogP contribution in [0.5, 0.6) is 0 Å². The first-order valence-electron chi connectivity index (χ1n) is 5.59. The highest BCUT2D eigenvalue weighted by molar-refractivity contribution is 7.20. The fourth-order valence-electron chi connectivity index (χ4n) is 1.63. The zero-order valence-corrected chi connectivity index (χ0v) is 12.5. The third-order valence-corrected chi connectivity index (χ3v) is 4.18. The predicted octanol–water partition coefficient (Wildman–Crippen LogP) is 4.82. The second kappa shape index (κ2) is 6.08. The molecule has 0 aliphatic rings. The van der Waals surface area contributed by atoms with Gasteiger partial charge in [0.25, 0.3) is 5.91 Å². The Morgan fingerprint density at radius 3 is 2.50 bits per heavy atom. The molecule has 0 bridgehead atoms. The maximum atomic E-state index is 13.1. The molecule has 1 unspecified atom stereocenters. The van der Waals surface area contributed by atoms with Crippen LogP contribution in [0.25, 0.3) is 0 Å². The van der Waals surface area contributed by atoms with Gasteiger partial charge < -0.3 is 5.32 Å². The first-order chi connectivity index (χ1) is 9.38. The molecule has 106 valence electrons. The van der Waals surface area contributed by atoms with Crippen LogP contribution in [0.3, 0.4) is 0 Å². The number of rotatable bonds is 3. The van der Waals surface area contributed by atoms with E-state index in [2.05, 4.69) is 5.32 Å². The van der Waals surface area contributed by atoms with Crippen LogP contribution in [-0.2, 0) is 0 Å². The number of hydrogen-bond donors (Lipinski definition) is 1. The van der Waals surface area contributed by atoms with E-state index in [1.54, 1.807) is 6.92 Å². The Morgan fingerprint density at radius 2 is 1.95 bits per heavy atom. The Balaban J connectivity index is 2.14. The Hall–Kier alpha value is -1.17. The normalized spacial score (nSPS) is 12.2. The van der Waals surface area contributed by atoms with Crippen molar-refractivity contribution in [3.63, 3.8) is 0 Å². The number of carbonyl (C=O) groups is 1. The van der Waals surface area contributed by atoms with Gasteiger partial charge in [-0.25, -0.2) is 8.78 Å². The van der Waals surface area contributed by atoms with Crippen molar-refractivity contribution < 1.29 is 13.6 Å². The van der Waals surface area contributed by atoms with E-state index < -0.39 is 23.6 Å². The van der Waals surface area contributed by atoms with Crippen molar-refractivity contribution in [2.75, 3.05) is 0 Å². The lowest BCUT2D eigenvalue weighted by Crippen LogP contribution is -2.26. The summed E-state index contributed by atoms with van der Waals surface area (Å²) >= 11 is 12.7. The molecule has 1 atom stereocenters. The number of amides is 1. The van der Waals surface area contributed by atoms with Crippen LogP contribution in [0.15, 0.2) is 24.3 Å². The fraction of sp³-hybridized carbons (Fsp3) is 0.154. The van der Waals surface area contributed by atoms with Gasteiger partial charge in [-0.2, -0.15) is 0 Å². The van der Waals surface area contributed by atoms with Crippen molar-refractivity contribution in [1.82, 2.24) is 5.32 Å². The van der Waals surface area contributed by atoms with Gasteiger partial charge >= 0.3 is 0 Å². The van der Waals surface area contributed by atoms with E-state index in [1.807, 2.05) is 0 Å². The molecule has 1 aromatic heterocycles. The molecule has 1 N–H and O–H groups in total. The number of hydrogen-bond acceptors (Lipinski definition) is 2. The van der Waals surface area contributed by atoms with Crippen molar-refractivity contribution >= 4 is 40.4 Å². The van der Waals surface area contributed by atoms with Gasteiger partial charge in [0.2, 0.25) is 0 Å². The molecule has 1 heterocycles. The van der Waals surface area contributed by atoms with Crippen LogP contribution >= 0.6 is 34.5 Å². The van der Waals surface area contributed by atoms with Gasteiger partial charge in [0, 0.05) is 0 Å². The van der Waals surface area contributed by atoms with E-state index in [-0.39, 0.29) is 9.90 Å². The van der Waals surface area contributed by atoms with Crippen LogP contribution in [0, 0.1) is 11.6 Å². The average molecular weight is 336 g/mol. The SMILES string of the molecule is CC(NC(=O)c1cc(Cl)sc1Cl)c1ccc(F)c(F)c1. The summed E-state index contributed by atoms with van der Waals surface area (Å²) in [6.45, 7) is 1.66. The van der Waals surface area contributed by atoms with Gasteiger partial charge in [-0.1, -0.05) is 29.3 Å². The highest BCUT2D eigenvalue weighted by atomic mass is 35.5. The maximum absolute atomic E-state index is 13.1. The number of thiophene rings is 1. The maximum Gasteiger partial charge on any atom is 0.254 e. The molecule has 0 aliphatic carbocycles. The summed E-state index contributed by atoms with van der Waals surface area (Å²) in [4.78, 5) is 12.0. The predicted molar refractivity (Wildman–Crippen MR) is 76.6 cm³/mol. The first-order valence-corrected chi connectivity index (χ1v) is 7.16.